The van der Waals surface area contributed by atoms with Crippen molar-refractivity contribution in [2.75, 3.05) is 72.6 Å². The van der Waals surface area contributed by atoms with E-state index in [1.165, 1.54) is 0 Å². The number of ether oxygens (including phenoxy) is 1. The number of rotatable bonds is 6. The molecule has 0 spiro atoms. The van der Waals surface area contributed by atoms with E-state index in [4.69, 9.17) is 4.74 Å². The predicted molar refractivity (Wildman–Crippen MR) is 108 cm³/mol. The molecule has 2 aliphatic heterocycles. The fourth-order valence-electron chi connectivity index (χ4n) is 3.68. The Morgan fingerprint density at radius 2 is 1.57 bits per heavy atom. The number of hydrogen-bond donors (Lipinski definition) is 0. The van der Waals surface area contributed by atoms with Crippen LogP contribution in [0.15, 0.2) is 30.3 Å². The van der Waals surface area contributed by atoms with Crippen LogP contribution >= 0.6 is 0 Å². The summed E-state index contributed by atoms with van der Waals surface area (Å²) < 4.78 is 5.33. The van der Waals surface area contributed by atoms with Crippen molar-refractivity contribution in [2.24, 2.45) is 0 Å². The maximum atomic E-state index is 12.7. The molecule has 0 aliphatic carbocycles. The number of carbonyl (C=O) groups is 2. The summed E-state index contributed by atoms with van der Waals surface area (Å²) in [4.78, 5) is 33.2. The van der Waals surface area contributed by atoms with Gasteiger partial charge in [-0.3, -0.25) is 19.4 Å². The van der Waals surface area contributed by atoms with Crippen LogP contribution in [0, 0.1) is 0 Å². The summed E-state index contributed by atoms with van der Waals surface area (Å²) in [5, 5.41) is 0. The van der Waals surface area contributed by atoms with Crippen molar-refractivity contribution >= 4 is 11.8 Å². The highest BCUT2D eigenvalue weighted by Gasteiger charge is 2.26. The van der Waals surface area contributed by atoms with Gasteiger partial charge >= 0.3 is 0 Å². The van der Waals surface area contributed by atoms with Gasteiger partial charge in [-0.15, -0.1) is 0 Å². The number of nitrogens with zero attached hydrogens (tertiary/aromatic N) is 4. The van der Waals surface area contributed by atoms with Crippen LogP contribution in [0.1, 0.15) is 18.5 Å². The molecule has 2 aliphatic rings. The van der Waals surface area contributed by atoms with Crippen LogP contribution in [0.2, 0.25) is 0 Å². The number of morpholine rings is 1. The molecule has 3 rings (SSSR count). The second-order valence-electron chi connectivity index (χ2n) is 7.64. The number of amides is 2. The van der Waals surface area contributed by atoms with Gasteiger partial charge in [0.25, 0.3) is 0 Å². The van der Waals surface area contributed by atoms with Crippen molar-refractivity contribution in [3.05, 3.63) is 35.9 Å². The van der Waals surface area contributed by atoms with Crippen LogP contribution in [0.3, 0.4) is 0 Å². The molecule has 0 bridgehead atoms. The molecule has 7 heteroatoms. The zero-order valence-electron chi connectivity index (χ0n) is 17.0. The minimum Gasteiger partial charge on any atom is -0.379 e. The van der Waals surface area contributed by atoms with Gasteiger partial charge in [-0.25, -0.2) is 0 Å². The van der Waals surface area contributed by atoms with Gasteiger partial charge in [0.2, 0.25) is 11.8 Å². The van der Waals surface area contributed by atoms with Gasteiger partial charge in [0.15, 0.2) is 0 Å². The second kappa shape index (κ2) is 10.0. The predicted octanol–water partition coefficient (Wildman–Crippen LogP) is 0.682. The van der Waals surface area contributed by atoms with Crippen molar-refractivity contribution in [1.82, 2.24) is 19.6 Å². The molecule has 28 heavy (non-hydrogen) atoms. The topological polar surface area (TPSA) is 56.3 Å². The zero-order chi connectivity index (χ0) is 19.9. The lowest BCUT2D eigenvalue weighted by Crippen LogP contribution is -2.53. The van der Waals surface area contributed by atoms with Crippen LogP contribution in [-0.2, 0) is 14.3 Å². The van der Waals surface area contributed by atoms with Crippen LogP contribution in [-0.4, -0.2) is 104 Å². The first-order valence-electron chi connectivity index (χ1n) is 10.2. The monoisotopic (exact) mass is 388 g/mol. The van der Waals surface area contributed by atoms with E-state index in [2.05, 4.69) is 16.7 Å². The molecule has 7 nitrogen and oxygen atoms in total. The number of benzene rings is 1. The number of hydrogen-bond acceptors (Lipinski definition) is 5. The third-order valence-corrected chi connectivity index (χ3v) is 5.80. The van der Waals surface area contributed by atoms with Crippen LogP contribution < -0.4 is 0 Å². The van der Waals surface area contributed by atoms with E-state index in [-0.39, 0.29) is 17.9 Å². The Kier molecular flexibility index (Phi) is 7.42. The normalized spacial score (nSPS) is 20.0. The fraction of sp³-hybridized carbons (Fsp3) is 0.619. The van der Waals surface area contributed by atoms with Gasteiger partial charge in [-0.05, 0) is 12.5 Å². The molecule has 0 aromatic heterocycles. The quantitative estimate of drug-likeness (QED) is 0.718. The van der Waals surface area contributed by atoms with Crippen molar-refractivity contribution in [3.8, 4) is 0 Å². The molecule has 1 aromatic rings. The molecule has 2 fully saturated rings. The fourth-order valence-corrected chi connectivity index (χ4v) is 3.68. The Morgan fingerprint density at radius 3 is 2.21 bits per heavy atom. The molecule has 154 valence electrons. The van der Waals surface area contributed by atoms with Crippen LogP contribution in [0.25, 0.3) is 0 Å². The summed E-state index contributed by atoms with van der Waals surface area (Å²) in [7, 11) is 1.86. The van der Waals surface area contributed by atoms with E-state index >= 15 is 0 Å². The molecule has 1 aromatic carbocycles. The summed E-state index contributed by atoms with van der Waals surface area (Å²) in [6, 6.07) is 10.1. The standard InChI is InChI=1S/C21H32N4O3/c1-18(19-6-4-3-5-7-19)22(2)20(26)16-23-8-10-25(11-9-23)21(27)17-24-12-14-28-15-13-24/h3-7,18H,8-17H2,1-2H3. The van der Waals surface area contributed by atoms with Gasteiger partial charge in [-0.2, -0.15) is 0 Å². The Balaban J connectivity index is 1.42. The lowest BCUT2D eigenvalue weighted by atomic mass is 10.1. The summed E-state index contributed by atoms with van der Waals surface area (Å²) in [5.74, 6) is 0.298. The highest BCUT2D eigenvalue weighted by atomic mass is 16.5. The Morgan fingerprint density at radius 1 is 0.964 bits per heavy atom. The molecule has 2 saturated heterocycles. The molecule has 2 amide bonds. The van der Waals surface area contributed by atoms with Crippen LogP contribution in [0.4, 0.5) is 0 Å². The van der Waals surface area contributed by atoms with E-state index in [1.54, 1.807) is 0 Å². The van der Waals surface area contributed by atoms with E-state index in [1.807, 2.05) is 47.2 Å². The van der Waals surface area contributed by atoms with Crippen molar-refractivity contribution in [2.45, 2.75) is 13.0 Å². The van der Waals surface area contributed by atoms with Gasteiger partial charge < -0.3 is 14.5 Å². The van der Waals surface area contributed by atoms with Crippen molar-refractivity contribution < 1.29 is 14.3 Å². The Hall–Kier alpha value is -1.96. The molecule has 0 N–H and O–H groups in total. The van der Waals surface area contributed by atoms with Crippen LogP contribution in [0.5, 0.6) is 0 Å². The number of carbonyl (C=O) groups excluding carboxylic acids is 2. The van der Waals surface area contributed by atoms with E-state index < -0.39 is 0 Å². The Bertz CT molecular complexity index is 640. The summed E-state index contributed by atoms with van der Waals surface area (Å²) in [6.07, 6.45) is 0. The third-order valence-electron chi connectivity index (χ3n) is 5.80. The largest absolute Gasteiger partial charge is 0.379 e. The number of piperazine rings is 1. The minimum absolute atomic E-state index is 0.0464. The van der Waals surface area contributed by atoms with Gasteiger partial charge in [0.05, 0.1) is 32.3 Å². The highest BCUT2D eigenvalue weighted by molar-refractivity contribution is 5.79. The molecule has 0 radical (unpaired) electrons. The molecule has 1 atom stereocenters. The maximum absolute atomic E-state index is 12.7. The maximum Gasteiger partial charge on any atom is 0.236 e. The van der Waals surface area contributed by atoms with Crippen molar-refractivity contribution in [1.29, 1.82) is 0 Å². The van der Waals surface area contributed by atoms with Gasteiger partial charge in [0.1, 0.15) is 0 Å². The average molecular weight is 389 g/mol. The lowest BCUT2D eigenvalue weighted by molar-refractivity contribution is -0.136. The number of likely N-dealkylation sites (N-methyl/N-ethyl adjacent to an activating group) is 1. The zero-order valence-corrected chi connectivity index (χ0v) is 17.0. The summed E-state index contributed by atoms with van der Waals surface area (Å²) in [5.41, 5.74) is 1.14. The molecule has 1 unspecified atom stereocenters. The van der Waals surface area contributed by atoms with Gasteiger partial charge in [0, 0.05) is 46.3 Å². The second-order valence-corrected chi connectivity index (χ2v) is 7.64. The lowest BCUT2D eigenvalue weighted by Gasteiger charge is -2.37. The van der Waals surface area contributed by atoms with E-state index in [9.17, 15) is 9.59 Å². The van der Waals surface area contributed by atoms with E-state index in [0.717, 1.165) is 31.7 Å². The first-order chi connectivity index (χ1) is 13.5. The van der Waals surface area contributed by atoms with Crippen molar-refractivity contribution in [3.63, 3.8) is 0 Å². The molecule has 2 heterocycles. The minimum atomic E-state index is 0.0464. The molecular weight excluding hydrogens is 356 g/mol. The molecule has 0 saturated carbocycles. The first kappa shape index (κ1) is 20.8. The summed E-state index contributed by atoms with van der Waals surface area (Å²) >= 11 is 0. The SMILES string of the molecule is CC(c1ccccc1)N(C)C(=O)CN1CCN(C(=O)CN2CCOCC2)CC1. The average Bonchev–Trinajstić information content (AvgIpc) is 2.74. The van der Waals surface area contributed by atoms with Gasteiger partial charge in [-0.1, -0.05) is 30.3 Å². The highest BCUT2D eigenvalue weighted by Crippen LogP contribution is 2.18. The molecular formula is C21H32N4O3. The smallest absolute Gasteiger partial charge is 0.236 e. The third kappa shape index (κ3) is 5.53. The van der Waals surface area contributed by atoms with E-state index in [0.29, 0.717) is 39.4 Å². The first-order valence-corrected chi connectivity index (χ1v) is 10.2. The summed E-state index contributed by atoms with van der Waals surface area (Å²) in [6.45, 7) is 8.85. The Labute approximate surface area is 167 Å².